The summed E-state index contributed by atoms with van der Waals surface area (Å²) in [5.41, 5.74) is 5.45. The maximum atomic E-state index is 5.73. The normalized spacial score (nSPS) is 10.5. The molecule has 0 saturated heterocycles. The summed E-state index contributed by atoms with van der Waals surface area (Å²) in [6, 6.07) is 1.61. The van der Waals surface area contributed by atoms with Gasteiger partial charge in [0, 0.05) is 6.07 Å². The van der Waals surface area contributed by atoms with Crippen LogP contribution >= 0.6 is 23.4 Å². The van der Waals surface area contributed by atoms with E-state index < -0.39 is 0 Å². The van der Waals surface area contributed by atoms with Crippen molar-refractivity contribution in [3.05, 3.63) is 17.0 Å². The lowest BCUT2D eigenvalue weighted by Crippen LogP contribution is -1.95. The van der Waals surface area contributed by atoms with E-state index >= 15 is 0 Å². The summed E-state index contributed by atoms with van der Waals surface area (Å²) in [4.78, 5) is 11.9. The Labute approximate surface area is 94.7 Å². The Morgan fingerprint density at radius 2 is 2.20 bits per heavy atom. The summed E-state index contributed by atoms with van der Waals surface area (Å²) in [7, 11) is 0. The number of aryl methyl sites for hydroxylation is 1. The SMILES string of the molecule is Cc1nc(Sc2cc(Cl)nc(N)n2)n[nH]1. The van der Waals surface area contributed by atoms with Gasteiger partial charge in [-0.1, -0.05) is 11.6 Å². The zero-order valence-electron chi connectivity index (χ0n) is 7.73. The van der Waals surface area contributed by atoms with Gasteiger partial charge in [-0.3, -0.25) is 5.10 Å². The van der Waals surface area contributed by atoms with E-state index in [2.05, 4.69) is 25.1 Å². The molecule has 0 amide bonds. The van der Waals surface area contributed by atoms with Gasteiger partial charge in [0.2, 0.25) is 11.1 Å². The Hall–Kier alpha value is -1.34. The average Bonchev–Trinajstić information content (AvgIpc) is 2.49. The Kier molecular flexibility index (Phi) is 2.74. The maximum Gasteiger partial charge on any atom is 0.222 e. The van der Waals surface area contributed by atoms with Crippen molar-refractivity contribution < 1.29 is 0 Å². The van der Waals surface area contributed by atoms with Crippen molar-refractivity contribution in [2.75, 3.05) is 5.73 Å². The molecule has 0 atom stereocenters. The van der Waals surface area contributed by atoms with Gasteiger partial charge in [0.15, 0.2) is 0 Å². The zero-order chi connectivity index (χ0) is 10.8. The van der Waals surface area contributed by atoms with Crippen molar-refractivity contribution in [1.29, 1.82) is 0 Å². The first kappa shape index (κ1) is 10.2. The fourth-order valence-corrected chi connectivity index (χ4v) is 1.95. The van der Waals surface area contributed by atoms with E-state index in [1.54, 1.807) is 6.07 Å². The summed E-state index contributed by atoms with van der Waals surface area (Å²) in [6.07, 6.45) is 0. The minimum Gasteiger partial charge on any atom is -0.368 e. The van der Waals surface area contributed by atoms with Gasteiger partial charge in [-0.05, 0) is 18.7 Å². The van der Waals surface area contributed by atoms with Gasteiger partial charge in [0.1, 0.15) is 16.0 Å². The van der Waals surface area contributed by atoms with Crippen LogP contribution in [0.15, 0.2) is 16.2 Å². The van der Waals surface area contributed by atoms with Crippen molar-refractivity contribution in [3.8, 4) is 0 Å². The molecular formula is C7H7ClN6S. The summed E-state index contributed by atoms with van der Waals surface area (Å²) in [5, 5.41) is 8.17. The van der Waals surface area contributed by atoms with E-state index in [9.17, 15) is 0 Å². The van der Waals surface area contributed by atoms with Crippen LogP contribution in [0.4, 0.5) is 5.95 Å². The summed E-state index contributed by atoms with van der Waals surface area (Å²) < 4.78 is 0. The number of aromatic amines is 1. The molecule has 0 unspecified atom stereocenters. The lowest BCUT2D eigenvalue weighted by molar-refractivity contribution is 0.962. The molecule has 2 aromatic rings. The highest BCUT2D eigenvalue weighted by Crippen LogP contribution is 2.24. The molecule has 78 valence electrons. The molecule has 0 aliphatic heterocycles. The van der Waals surface area contributed by atoms with Crippen LogP contribution < -0.4 is 5.73 Å². The van der Waals surface area contributed by atoms with Crippen LogP contribution in [0.1, 0.15) is 5.82 Å². The minimum absolute atomic E-state index is 0.136. The van der Waals surface area contributed by atoms with Gasteiger partial charge in [0.25, 0.3) is 0 Å². The fraction of sp³-hybridized carbons (Fsp3) is 0.143. The van der Waals surface area contributed by atoms with Crippen molar-refractivity contribution >= 4 is 29.3 Å². The Morgan fingerprint density at radius 3 is 2.80 bits per heavy atom. The Bertz CT molecular complexity index is 464. The molecule has 0 aromatic carbocycles. The molecule has 0 radical (unpaired) electrons. The molecule has 6 nitrogen and oxygen atoms in total. The summed E-state index contributed by atoms with van der Waals surface area (Å²) in [5.74, 6) is 0.878. The fourth-order valence-electron chi connectivity index (χ4n) is 0.927. The number of H-pyrrole nitrogens is 1. The van der Waals surface area contributed by atoms with Crippen LogP contribution in [0.5, 0.6) is 0 Å². The Balaban J connectivity index is 2.24. The topological polar surface area (TPSA) is 93.4 Å². The van der Waals surface area contributed by atoms with Gasteiger partial charge < -0.3 is 5.73 Å². The van der Waals surface area contributed by atoms with Crippen LogP contribution in [0.3, 0.4) is 0 Å². The highest BCUT2D eigenvalue weighted by atomic mass is 35.5. The number of anilines is 1. The van der Waals surface area contributed by atoms with Crippen molar-refractivity contribution in [1.82, 2.24) is 25.1 Å². The van der Waals surface area contributed by atoms with E-state index in [1.165, 1.54) is 11.8 Å². The lowest BCUT2D eigenvalue weighted by Gasteiger charge is -1.98. The molecule has 15 heavy (non-hydrogen) atoms. The quantitative estimate of drug-likeness (QED) is 0.771. The third-order valence-electron chi connectivity index (χ3n) is 1.46. The van der Waals surface area contributed by atoms with Crippen molar-refractivity contribution in [2.45, 2.75) is 17.1 Å². The van der Waals surface area contributed by atoms with Crippen molar-refractivity contribution in [2.24, 2.45) is 0 Å². The molecule has 8 heteroatoms. The third kappa shape index (κ3) is 2.57. The van der Waals surface area contributed by atoms with E-state index in [-0.39, 0.29) is 5.95 Å². The average molecular weight is 243 g/mol. The van der Waals surface area contributed by atoms with E-state index in [1.807, 2.05) is 6.92 Å². The molecule has 0 bridgehead atoms. The molecule has 0 aliphatic rings. The van der Waals surface area contributed by atoms with Gasteiger partial charge in [-0.15, -0.1) is 5.10 Å². The number of rotatable bonds is 2. The molecular weight excluding hydrogens is 236 g/mol. The van der Waals surface area contributed by atoms with Crippen LogP contribution in [0.2, 0.25) is 5.15 Å². The zero-order valence-corrected chi connectivity index (χ0v) is 9.30. The van der Waals surface area contributed by atoms with Crippen LogP contribution in [0, 0.1) is 6.92 Å². The summed E-state index contributed by atoms with van der Waals surface area (Å²) in [6.45, 7) is 1.82. The van der Waals surface area contributed by atoms with E-state index in [0.29, 0.717) is 15.3 Å². The molecule has 0 aliphatic carbocycles. The Morgan fingerprint density at radius 1 is 1.40 bits per heavy atom. The molecule has 2 aromatic heterocycles. The highest BCUT2D eigenvalue weighted by molar-refractivity contribution is 7.99. The van der Waals surface area contributed by atoms with Crippen LogP contribution in [0.25, 0.3) is 0 Å². The number of halogens is 1. The first-order valence-corrected chi connectivity index (χ1v) is 5.20. The van der Waals surface area contributed by atoms with Crippen LogP contribution in [-0.4, -0.2) is 25.1 Å². The van der Waals surface area contributed by atoms with Crippen LogP contribution in [-0.2, 0) is 0 Å². The second kappa shape index (κ2) is 4.03. The molecule has 3 N–H and O–H groups in total. The molecule has 2 rings (SSSR count). The van der Waals surface area contributed by atoms with Gasteiger partial charge in [-0.25, -0.2) is 15.0 Å². The highest BCUT2D eigenvalue weighted by Gasteiger charge is 2.06. The van der Waals surface area contributed by atoms with Gasteiger partial charge >= 0.3 is 0 Å². The van der Waals surface area contributed by atoms with E-state index in [0.717, 1.165) is 5.82 Å². The summed E-state index contributed by atoms with van der Waals surface area (Å²) >= 11 is 7.00. The smallest absolute Gasteiger partial charge is 0.222 e. The molecule has 0 spiro atoms. The monoisotopic (exact) mass is 242 g/mol. The van der Waals surface area contributed by atoms with E-state index in [4.69, 9.17) is 17.3 Å². The second-order valence-corrected chi connectivity index (χ2v) is 4.07. The maximum absolute atomic E-state index is 5.73. The molecule has 0 saturated carbocycles. The first-order valence-electron chi connectivity index (χ1n) is 4.00. The first-order chi connectivity index (χ1) is 7.13. The number of nitrogens with zero attached hydrogens (tertiary/aromatic N) is 4. The van der Waals surface area contributed by atoms with Gasteiger partial charge in [0.05, 0.1) is 0 Å². The third-order valence-corrected chi connectivity index (χ3v) is 2.44. The number of aromatic nitrogens is 5. The number of nitrogens with two attached hydrogens (primary N) is 1. The number of hydrogen-bond donors (Lipinski definition) is 2. The second-order valence-electron chi connectivity index (χ2n) is 2.69. The number of nitrogens with one attached hydrogen (secondary N) is 1. The standard InChI is InChI=1S/C7H7ClN6S/c1-3-10-7(14-13-3)15-5-2-4(8)11-6(9)12-5/h2H,1H3,(H2,9,11,12)(H,10,13,14). The minimum atomic E-state index is 0.136. The predicted octanol–water partition coefficient (Wildman–Crippen LogP) is 1.29. The predicted molar refractivity (Wildman–Crippen MR) is 56.7 cm³/mol. The largest absolute Gasteiger partial charge is 0.368 e. The van der Waals surface area contributed by atoms with Crippen molar-refractivity contribution in [3.63, 3.8) is 0 Å². The molecule has 0 fully saturated rings. The van der Waals surface area contributed by atoms with Gasteiger partial charge in [-0.2, -0.15) is 0 Å². The number of nitrogen functional groups attached to an aromatic ring is 1. The number of hydrogen-bond acceptors (Lipinski definition) is 6. The molecule has 2 heterocycles. The lowest BCUT2D eigenvalue weighted by atomic mass is 10.7.